The Hall–Kier alpha value is -0.770. The predicted octanol–water partition coefficient (Wildman–Crippen LogP) is -1.91. The third kappa shape index (κ3) is 0.843. The van der Waals surface area contributed by atoms with Crippen molar-refractivity contribution in [2.24, 2.45) is 10.2 Å². The Kier molecular flexibility index (Phi) is 1.72. The van der Waals surface area contributed by atoms with Gasteiger partial charge < -0.3 is 17.0 Å². The number of halogens is 1. The van der Waals surface area contributed by atoms with E-state index in [0.29, 0.717) is 0 Å². The molecular weight excluding hydrogens is 218 g/mol. The molecule has 0 radical (unpaired) electrons. The minimum atomic E-state index is 0. The molecule has 0 saturated heterocycles. The van der Waals surface area contributed by atoms with Gasteiger partial charge in [-0.1, -0.05) is 0 Å². The molecule has 0 unspecified atom stereocenters. The first-order chi connectivity index (χ1) is 5.45. The molecule has 3 rings (SSSR count). The van der Waals surface area contributed by atoms with E-state index < -0.39 is 0 Å². The minimum absolute atomic E-state index is 0. The summed E-state index contributed by atoms with van der Waals surface area (Å²) in [5.41, 5.74) is 3.90. The van der Waals surface area contributed by atoms with Crippen LogP contribution in [0, 0.1) is 0 Å². The first kappa shape index (κ1) is 7.86. The zero-order chi connectivity index (χ0) is 7.26. The summed E-state index contributed by atoms with van der Waals surface area (Å²) < 4.78 is 2.27. The van der Waals surface area contributed by atoms with Gasteiger partial charge in [0, 0.05) is 0 Å². The summed E-state index contributed by atoms with van der Waals surface area (Å²) >= 11 is 0. The molecule has 0 bridgehead atoms. The smallest absolute Gasteiger partial charge is 0.213 e. The lowest BCUT2D eigenvalue weighted by Gasteiger charge is -1.88. The maximum Gasteiger partial charge on any atom is 0.213 e. The van der Waals surface area contributed by atoms with E-state index in [-0.39, 0.29) is 17.0 Å². The zero-order valence-corrected chi connectivity index (χ0v) is 8.08. The summed E-state index contributed by atoms with van der Waals surface area (Å²) in [4.78, 5) is 0. The van der Waals surface area contributed by atoms with Gasteiger partial charge in [0.1, 0.15) is 0 Å². The topological polar surface area (TPSA) is 27.7 Å². The molecule has 62 valence electrons. The van der Waals surface area contributed by atoms with Crippen molar-refractivity contribution in [3.8, 4) is 0 Å². The molecule has 0 aromatic heterocycles. The second-order valence-corrected chi connectivity index (χ2v) is 3.02. The van der Waals surface area contributed by atoms with Gasteiger partial charge in [-0.05, 0) is 6.08 Å². The third-order valence-corrected chi connectivity index (χ3v) is 2.34. The monoisotopic (exact) mass is 225 g/mol. The number of hydrogen-bond donors (Lipinski definition) is 0. The highest BCUT2D eigenvalue weighted by atomic mass is 79.9. The van der Waals surface area contributed by atoms with E-state index in [1.807, 2.05) is 0 Å². The molecule has 0 amide bonds. The van der Waals surface area contributed by atoms with E-state index in [1.165, 1.54) is 11.3 Å². The van der Waals surface area contributed by atoms with E-state index in [9.17, 15) is 0 Å². The van der Waals surface area contributed by atoms with Crippen molar-refractivity contribution in [3.05, 3.63) is 23.5 Å². The van der Waals surface area contributed by atoms with Gasteiger partial charge in [-0.2, -0.15) is 9.69 Å². The fourth-order valence-electron chi connectivity index (χ4n) is 1.81. The van der Waals surface area contributed by atoms with Crippen molar-refractivity contribution < 1.29 is 21.6 Å². The summed E-state index contributed by atoms with van der Waals surface area (Å²) in [6, 6.07) is 0. The molecule has 4 heteroatoms. The van der Waals surface area contributed by atoms with Crippen LogP contribution >= 0.6 is 0 Å². The van der Waals surface area contributed by atoms with Gasteiger partial charge in [0.25, 0.3) is 0 Å². The molecule has 0 spiro atoms. The van der Waals surface area contributed by atoms with Crippen LogP contribution in [0.15, 0.2) is 33.8 Å². The van der Waals surface area contributed by atoms with Crippen LogP contribution < -0.4 is 17.0 Å². The molecule has 0 aromatic carbocycles. The predicted molar refractivity (Wildman–Crippen MR) is 40.6 cm³/mol. The molecule has 0 N–H and O–H groups in total. The fraction of sp³-hybridized carbons (Fsp3) is 0.375. The van der Waals surface area contributed by atoms with Crippen molar-refractivity contribution in [1.29, 1.82) is 0 Å². The molecular formula is C8H8BrN3. The Bertz CT molecular complexity index is 349. The summed E-state index contributed by atoms with van der Waals surface area (Å²) in [5.74, 6) is 0. The summed E-state index contributed by atoms with van der Waals surface area (Å²) in [6.07, 6.45) is 5.36. The highest BCUT2D eigenvalue weighted by Crippen LogP contribution is 2.26. The number of nitrogens with zero attached hydrogens (tertiary/aromatic N) is 3. The minimum Gasteiger partial charge on any atom is -1.00 e. The van der Waals surface area contributed by atoms with Crippen LogP contribution in [0.5, 0.6) is 0 Å². The summed E-state index contributed by atoms with van der Waals surface area (Å²) in [5, 5.41) is 8.13. The van der Waals surface area contributed by atoms with E-state index in [4.69, 9.17) is 0 Å². The molecule has 3 heterocycles. The Morgan fingerprint density at radius 3 is 3.25 bits per heavy atom. The Balaban J connectivity index is 0.000000563. The Labute approximate surface area is 81.0 Å². The second-order valence-electron chi connectivity index (χ2n) is 3.02. The van der Waals surface area contributed by atoms with Gasteiger partial charge in [0.15, 0.2) is 18.4 Å². The van der Waals surface area contributed by atoms with Crippen LogP contribution in [-0.2, 0) is 0 Å². The van der Waals surface area contributed by atoms with Gasteiger partial charge in [-0.3, -0.25) is 0 Å². The number of fused-ring (bicyclic) bond motifs is 1. The van der Waals surface area contributed by atoms with E-state index >= 15 is 0 Å². The number of hydrogen-bond acceptors (Lipinski definition) is 2. The molecule has 3 aliphatic heterocycles. The van der Waals surface area contributed by atoms with Crippen molar-refractivity contribution in [2.45, 2.75) is 6.42 Å². The number of rotatable bonds is 0. The van der Waals surface area contributed by atoms with Crippen LogP contribution in [0.2, 0.25) is 0 Å². The van der Waals surface area contributed by atoms with Gasteiger partial charge in [0.05, 0.1) is 18.5 Å². The van der Waals surface area contributed by atoms with Crippen LogP contribution in [0.25, 0.3) is 0 Å². The SMILES string of the molecule is C1=C[N+]2=C(C1)C1=C(CN=N1)C2.[Br-]. The number of azo groups is 1. The first-order valence-corrected chi connectivity index (χ1v) is 3.84. The number of allylic oxidation sites excluding steroid dienone is 2. The highest BCUT2D eigenvalue weighted by molar-refractivity contribution is 6.00. The fourth-order valence-corrected chi connectivity index (χ4v) is 1.81. The van der Waals surface area contributed by atoms with E-state index in [1.54, 1.807) is 0 Å². The summed E-state index contributed by atoms with van der Waals surface area (Å²) in [7, 11) is 0. The van der Waals surface area contributed by atoms with Crippen LogP contribution in [0.4, 0.5) is 0 Å². The van der Waals surface area contributed by atoms with Crippen molar-refractivity contribution >= 4 is 5.71 Å². The molecule has 0 atom stereocenters. The van der Waals surface area contributed by atoms with Crippen LogP contribution in [0.1, 0.15) is 6.42 Å². The first-order valence-electron chi connectivity index (χ1n) is 3.84. The molecule has 0 aromatic rings. The van der Waals surface area contributed by atoms with Crippen LogP contribution in [-0.4, -0.2) is 23.4 Å². The third-order valence-electron chi connectivity index (χ3n) is 2.34. The molecule has 0 fully saturated rings. The van der Waals surface area contributed by atoms with Crippen molar-refractivity contribution in [3.63, 3.8) is 0 Å². The largest absolute Gasteiger partial charge is 1.00 e. The lowest BCUT2D eigenvalue weighted by atomic mass is 10.1. The molecule has 12 heavy (non-hydrogen) atoms. The average Bonchev–Trinajstić information content (AvgIpc) is 2.52. The highest BCUT2D eigenvalue weighted by Gasteiger charge is 2.34. The molecule has 3 nitrogen and oxygen atoms in total. The zero-order valence-electron chi connectivity index (χ0n) is 6.50. The van der Waals surface area contributed by atoms with Gasteiger partial charge in [0.2, 0.25) is 5.71 Å². The molecule has 0 aliphatic carbocycles. The summed E-state index contributed by atoms with van der Waals surface area (Å²) in [6.45, 7) is 1.84. The standard InChI is InChI=1S/C8H8N3.BrH/c1-2-7-8-6(4-9-10-8)5-11(7)3-1;/h1,3H,2,4-5H2;1H/q+1;/p-1. The van der Waals surface area contributed by atoms with Crippen LogP contribution in [0.3, 0.4) is 0 Å². The molecule has 3 aliphatic rings. The molecule has 0 saturated carbocycles. The second kappa shape index (κ2) is 2.62. The van der Waals surface area contributed by atoms with Crippen molar-refractivity contribution in [2.75, 3.05) is 13.1 Å². The lowest BCUT2D eigenvalue weighted by molar-refractivity contribution is -0.440. The maximum atomic E-state index is 4.13. The normalized spacial score (nSPS) is 23.3. The maximum absolute atomic E-state index is 4.13. The van der Waals surface area contributed by atoms with Gasteiger partial charge >= 0.3 is 0 Å². The average molecular weight is 226 g/mol. The van der Waals surface area contributed by atoms with Crippen molar-refractivity contribution in [1.82, 2.24) is 0 Å². The van der Waals surface area contributed by atoms with E-state index in [2.05, 4.69) is 27.1 Å². The Morgan fingerprint density at radius 1 is 1.42 bits per heavy atom. The van der Waals surface area contributed by atoms with Gasteiger partial charge in [-0.15, -0.1) is 5.11 Å². The quantitative estimate of drug-likeness (QED) is 0.431. The lowest BCUT2D eigenvalue weighted by Crippen LogP contribution is -3.00. The van der Waals surface area contributed by atoms with Gasteiger partial charge in [-0.25, -0.2) is 0 Å². The Morgan fingerprint density at radius 2 is 2.33 bits per heavy atom. The van der Waals surface area contributed by atoms with E-state index in [0.717, 1.165) is 25.2 Å².